The van der Waals surface area contributed by atoms with Crippen molar-refractivity contribution < 1.29 is 4.52 Å². The second kappa shape index (κ2) is 4.61. The van der Waals surface area contributed by atoms with E-state index in [1.807, 2.05) is 14.0 Å². The van der Waals surface area contributed by atoms with Gasteiger partial charge in [0.1, 0.15) is 5.00 Å². The van der Waals surface area contributed by atoms with E-state index in [0.717, 1.165) is 34.9 Å². The molecule has 0 bridgehead atoms. The molecule has 5 nitrogen and oxygen atoms in total. The lowest BCUT2D eigenvalue weighted by Gasteiger charge is -1.96. The molecular weight excluding hydrogens is 224 g/mol. The molecule has 0 aliphatic carbocycles. The van der Waals surface area contributed by atoms with Gasteiger partial charge in [0, 0.05) is 13.5 Å². The minimum Gasteiger partial charge on any atom is -0.378 e. The molecule has 0 aliphatic heterocycles. The fraction of sp³-hybridized carbons (Fsp3) is 0.500. The summed E-state index contributed by atoms with van der Waals surface area (Å²) in [6, 6.07) is 0. The van der Waals surface area contributed by atoms with Crippen LogP contribution in [0.2, 0.25) is 0 Å². The quantitative estimate of drug-likeness (QED) is 0.886. The van der Waals surface area contributed by atoms with Crippen molar-refractivity contribution >= 4 is 16.5 Å². The maximum Gasteiger partial charge on any atom is 0.262 e. The van der Waals surface area contributed by atoms with E-state index in [4.69, 9.17) is 4.52 Å². The van der Waals surface area contributed by atoms with Crippen molar-refractivity contribution in [2.75, 3.05) is 12.4 Å². The molecule has 6 heteroatoms. The van der Waals surface area contributed by atoms with Crippen LogP contribution < -0.4 is 5.32 Å². The molecule has 2 heterocycles. The molecule has 0 aromatic carbocycles. The monoisotopic (exact) mass is 238 g/mol. The summed E-state index contributed by atoms with van der Waals surface area (Å²) >= 11 is 1.40. The molecule has 0 atom stereocenters. The Morgan fingerprint density at radius 3 is 2.94 bits per heavy atom. The van der Waals surface area contributed by atoms with Gasteiger partial charge in [-0.05, 0) is 24.9 Å². The van der Waals surface area contributed by atoms with Gasteiger partial charge in [-0.2, -0.15) is 9.36 Å². The Morgan fingerprint density at radius 2 is 2.25 bits per heavy atom. The minimum atomic E-state index is 0.555. The fourth-order valence-corrected chi connectivity index (χ4v) is 2.21. The molecular formula is C10H14N4OS. The Morgan fingerprint density at radius 1 is 1.44 bits per heavy atom. The van der Waals surface area contributed by atoms with E-state index in [-0.39, 0.29) is 0 Å². The van der Waals surface area contributed by atoms with Crippen LogP contribution in [0.4, 0.5) is 5.00 Å². The van der Waals surface area contributed by atoms with Crippen molar-refractivity contribution in [1.29, 1.82) is 0 Å². The van der Waals surface area contributed by atoms with Gasteiger partial charge in [-0.25, -0.2) is 0 Å². The summed E-state index contributed by atoms with van der Waals surface area (Å²) in [5, 5.41) is 7.99. The highest BCUT2D eigenvalue weighted by Crippen LogP contribution is 2.33. The number of aromatic nitrogens is 3. The number of nitrogens with zero attached hydrogens (tertiary/aromatic N) is 3. The van der Waals surface area contributed by atoms with Gasteiger partial charge in [0.25, 0.3) is 5.89 Å². The molecule has 0 unspecified atom stereocenters. The molecule has 0 radical (unpaired) electrons. The van der Waals surface area contributed by atoms with E-state index in [2.05, 4.69) is 26.8 Å². The average molecular weight is 238 g/mol. The van der Waals surface area contributed by atoms with Crippen molar-refractivity contribution in [3.05, 3.63) is 11.5 Å². The molecule has 16 heavy (non-hydrogen) atoms. The van der Waals surface area contributed by atoms with Gasteiger partial charge in [0.05, 0.1) is 11.3 Å². The molecule has 2 rings (SSSR count). The summed E-state index contributed by atoms with van der Waals surface area (Å²) in [6.45, 7) is 4.03. The second-order valence-corrected chi connectivity index (χ2v) is 4.26. The van der Waals surface area contributed by atoms with Crippen LogP contribution in [-0.2, 0) is 6.42 Å². The molecule has 86 valence electrons. The molecule has 2 aromatic rings. The van der Waals surface area contributed by atoms with Gasteiger partial charge in [-0.3, -0.25) is 0 Å². The third-order valence-electron chi connectivity index (χ3n) is 2.25. The highest BCUT2D eigenvalue weighted by molar-refractivity contribution is 7.10. The molecule has 0 saturated heterocycles. The maximum atomic E-state index is 5.25. The number of nitrogens with one attached hydrogen (secondary N) is 1. The lowest BCUT2D eigenvalue weighted by Crippen LogP contribution is -1.89. The second-order valence-electron chi connectivity index (χ2n) is 3.49. The summed E-state index contributed by atoms with van der Waals surface area (Å²) in [4.78, 5) is 4.36. The number of rotatable bonds is 4. The zero-order chi connectivity index (χ0) is 11.5. The van der Waals surface area contributed by atoms with Crippen LogP contribution in [0, 0.1) is 6.92 Å². The lowest BCUT2D eigenvalue weighted by atomic mass is 10.2. The topological polar surface area (TPSA) is 63.8 Å². The molecule has 0 amide bonds. The van der Waals surface area contributed by atoms with Crippen LogP contribution in [0.15, 0.2) is 4.52 Å². The van der Waals surface area contributed by atoms with Gasteiger partial charge in [-0.15, -0.1) is 0 Å². The van der Waals surface area contributed by atoms with Crippen LogP contribution in [0.1, 0.15) is 24.9 Å². The minimum absolute atomic E-state index is 0.555. The van der Waals surface area contributed by atoms with Gasteiger partial charge >= 0.3 is 0 Å². The summed E-state index contributed by atoms with van der Waals surface area (Å²) in [5.41, 5.74) is 1.84. The van der Waals surface area contributed by atoms with Crippen molar-refractivity contribution in [2.45, 2.75) is 26.7 Å². The van der Waals surface area contributed by atoms with Crippen molar-refractivity contribution in [2.24, 2.45) is 0 Å². The predicted octanol–water partition coefficient (Wildman–Crippen LogP) is 2.50. The van der Waals surface area contributed by atoms with E-state index >= 15 is 0 Å². The summed E-state index contributed by atoms with van der Waals surface area (Å²) < 4.78 is 9.52. The van der Waals surface area contributed by atoms with Gasteiger partial charge in [0.15, 0.2) is 5.82 Å². The molecule has 0 spiro atoms. The van der Waals surface area contributed by atoms with E-state index < -0.39 is 0 Å². The Kier molecular flexibility index (Phi) is 3.19. The highest BCUT2D eigenvalue weighted by atomic mass is 32.1. The van der Waals surface area contributed by atoms with Crippen molar-refractivity contribution in [1.82, 2.24) is 14.5 Å². The normalized spacial score (nSPS) is 10.7. The third kappa shape index (κ3) is 1.92. The van der Waals surface area contributed by atoms with Gasteiger partial charge < -0.3 is 9.84 Å². The third-order valence-corrected chi connectivity index (χ3v) is 3.20. The molecule has 1 N–H and O–H groups in total. The smallest absolute Gasteiger partial charge is 0.262 e. The first-order valence-corrected chi connectivity index (χ1v) is 6.00. The molecule has 0 aliphatic rings. The van der Waals surface area contributed by atoms with Crippen LogP contribution in [-0.4, -0.2) is 21.6 Å². The highest BCUT2D eigenvalue weighted by Gasteiger charge is 2.17. The first-order valence-electron chi connectivity index (χ1n) is 5.23. The summed E-state index contributed by atoms with van der Waals surface area (Å²) in [6.07, 6.45) is 1.85. The largest absolute Gasteiger partial charge is 0.378 e. The van der Waals surface area contributed by atoms with Gasteiger partial charge in [0.2, 0.25) is 0 Å². The number of hydrogen-bond acceptors (Lipinski definition) is 6. The van der Waals surface area contributed by atoms with Crippen LogP contribution >= 0.6 is 11.5 Å². The fourth-order valence-electron chi connectivity index (χ4n) is 1.47. The maximum absolute atomic E-state index is 5.25. The number of aryl methyl sites for hydroxylation is 2. The Labute approximate surface area is 98.0 Å². The van der Waals surface area contributed by atoms with E-state index in [9.17, 15) is 0 Å². The average Bonchev–Trinajstić information content (AvgIpc) is 2.85. The number of anilines is 1. The number of hydrogen-bond donors (Lipinski definition) is 1. The van der Waals surface area contributed by atoms with Crippen molar-refractivity contribution in [3.8, 4) is 11.5 Å². The Balaban J connectivity index is 2.37. The van der Waals surface area contributed by atoms with E-state index in [0.29, 0.717) is 5.89 Å². The van der Waals surface area contributed by atoms with E-state index in [1.54, 1.807) is 0 Å². The first-order chi connectivity index (χ1) is 7.76. The Bertz CT molecular complexity index is 477. The van der Waals surface area contributed by atoms with Crippen LogP contribution in [0.25, 0.3) is 11.5 Å². The Hall–Kier alpha value is -1.43. The predicted molar refractivity (Wildman–Crippen MR) is 63.7 cm³/mol. The summed E-state index contributed by atoms with van der Waals surface area (Å²) in [7, 11) is 1.86. The van der Waals surface area contributed by atoms with Gasteiger partial charge in [-0.1, -0.05) is 12.1 Å². The standard InChI is InChI=1S/C10H14N4OS/c1-4-5-7-12-9(15-13-7)8-6(2)14-16-10(8)11-3/h11H,4-5H2,1-3H3. The SMILES string of the molecule is CCCc1noc(-c2c(C)nsc2NC)n1. The first kappa shape index (κ1) is 11.1. The molecule has 0 fully saturated rings. The van der Waals surface area contributed by atoms with Crippen molar-refractivity contribution in [3.63, 3.8) is 0 Å². The zero-order valence-corrected chi connectivity index (χ0v) is 10.4. The molecule has 2 aromatic heterocycles. The molecule has 0 saturated carbocycles. The van der Waals surface area contributed by atoms with E-state index in [1.165, 1.54) is 11.5 Å². The van der Waals surface area contributed by atoms with Crippen LogP contribution in [0.5, 0.6) is 0 Å². The van der Waals surface area contributed by atoms with Crippen LogP contribution in [0.3, 0.4) is 0 Å². The zero-order valence-electron chi connectivity index (χ0n) is 9.57. The lowest BCUT2D eigenvalue weighted by molar-refractivity contribution is 0.422. The summed E-state index contributed by atoms with van der Waals surface area (Å²) in [5.74, 6) is 1.31.